The first-order valence-corrected chi connectivity index (χ1v) is 7.31. The molecule has 3 rings (SSSR count). The second kappa shape index (κ2) is 4.82. The first kappa shape index (κ1) is 11.9. The van der Waals surface area contributed by atoms with E-state index >= 15 is 0 Å². The van der Waals surface area contributed by atoms with Crippen LogP contribution in [-0.4, -0.2) is 21.3 Å². The van der Waals surface area contributed by atoms with Gasteiger partial charge < -0.3 is 5.32 Å². The Morgan fingerprint density at radius 2 is 2.44 bits per heavy atom. The Bertz CT molecular complexity index is 543. The standard InChI is InChI=1S/C13H18N4S/c1-3-14-10-5-4-6-11-12(10)16-13(18-11)9-7-15-17(2)8-9/h7-8,10,14H,3-6H2,1-2H3. The van der Waals surface area contributed by atoms with Crippen molar-refractivity contribution in [1.29, 1.82) is 0 Å². The van der Waals surface area contributed by atoms with Crippen molar-refractivity contribution in [2.75, 3.05) is 6.54 Å². The van der Waals surface area contributed by atoms with Crippen LogP contribution in [0.4, 0.5) is 0 Å². The average Bonchev–Trinajstić information content (AvgIpc) is 2.95. The quantitative estimate of drug-likeness (QED) is 0.924. The Labute approximate surface area is 111 Å². The molecule has 1 unspecified atom stereocenters. The maximum Gasteiger partial charge on any atom is 0.127 e. The van der Waals surface area contributed by atoms with Crippen LogP contribution < -0.4 is 5.32 Å². The van der Waals surface area contributed by atoms with Crippen LogP contribution in [-0.2, 0) is 13.5 Å². The lowest BCUT2D eigenvalue weighted by atomic mass is 9.98. The summed E-state index contributed by atoms with van der Waals surface area (Å²) in [6.45, 7) is 3.16. The summed E-state index contributed by atoms with van der Waals surface area (Å²) in [5, 5.41) is 8.87. The summed E-state index contributed by atoms with van der Waals surface area (Å²) < 4.78 is 1.83. The third-order valence-corrected chi connectivity index (χ3v) is 4.54. The maximum atomic E-state index is 4.84. The maximum absolute atomic E-state index is 4.84. The van der Waals surface area contributed by atoms with Crippen LogP contribution in [0.15, 0.2) is 12.4 Å². The molecule has 5 heteroatoms. The third-order valence-electron chi connectivity index (χ3n) is 3.36. The van der Waals surface area contributed by atoms with Crippen molar-refractivity contribution in [3.8, 4) is 10.6 Å². The summed E-state index contributed by atoms with van der Waals surface area (Å²) in [4.78, 5) is 6.29. The number of nitrogens with zero attached hydrogens (tertiary/aromatic N) is 3. The van der Waals surface area contributed by atoms with Gasteiger partial charge in [-0.1, -0.05) is 6.92 Å². The van der Waals surface area contributed by atoms with Gasteiger partial charge in [-0.25, -0.2) is 4.98 Å². The summed E-state index contributed by atoms with van der Waals surface area (Å²) >= 11 is 1.83. The molecular formula is C13H18N4S. The SMILES string of the molecule is CCNC1CCCc2sc(-c3cnn(C)c3)nc21. The Morgan fingerprint density at radius 3 is 3.17 bits per heavy atom. The van der Waals surface area contributed by atoms with E-state index in [9.17, 15) is 0 Å². The molecule has 1 aliphatic rings. The Morgan fingerprint density at radius 1 is 1.56 bits per heavy atom. The van der Waals surface area contributed by atoms with Gasteiger partial charge in [-0.3, -0.25) is 4.68 Å². The van der Waals surface area contributed by atoms with Gasteiger partial charge in [0.15, 0.2) is 0 Å². The fourth-order valence-corrected chi connectivity index (χ4v) is 3.66. The molecule has 4 nitrogen and oxygen atoms in total. The van der Waals surface area contributed by atoms with Crippen molar-refractivity contribution < 1.29 is 0 Å². The van der Waals surface area contributed by atoms with Gasteiger partial charge in [0.1, 0.15) is 5.01 Å². The number of rotatable bonds is 3. The first-order valence-electron chi connectivity index (χ1n) is 6.50. The van der Waals surface area contributed by atoms with Crippen LogP contribution in [0.1, 0.15) is 36.4 Å². The highest BCUT2D eigenvalue weighted by Gasteiger charge is 2.24. The lowest BCUT2D eigenvalue weighted by Gasteiger charge is -2.21. The van der Waals surface area contributed by atoms with E-state index in [-0.39, 0.29) is 0 Å². The fraction of sp³-hybridized carbons (Fsp3) is 0.538. The van der Waals surface area contributed by atoms with E-state index in [1.807, 2.05) is 35.5 Å². The highest BCUT2D eigenvalue weighted by atomic mass is 32.1. The van der Waals surface area contributed by atoms with Gasteiger partial charge >= 0.3 is 0 Å². The summed E-state index contributed by atoms with van der Waals surface area (Å²) in [5.74, 6) is 0. The number of fused-ring (bicyclic) bond motifs is 1. The van der Waals surface area contributed by atoms with Crippen molar-refractivity contribution in [2.24, 2.45) is 7.05 Å². The van der Waals surface area contributed by atoms with E-state index in [0.717, 1.165) is 17.1 Å². The zero-order valence-electron chi connectivity index (χ0n) is 10.8. The smallest absolute Gasteiger partial charge is 0.127 e. The molecule has 2 aromatic rings. The molecule has 0 aromatic carbocycles. The minimum Gasteiger partial charge on any atom is -0.309 e. The molecule has 0 saturated carbocycles. The van der Waals surface area contributed by atoms with E-state index < -0.39 is 0 Å². The number of aromatic nitrogens is 3. The van der Waals surface area contributed by atoms with Gasteiger partial charge in [0.25, 0.3) is 0 Å². The molecule has 96 valence electrons. The lowest BCUT2D eigenvalue weighted by molar-refractivity contribution is 0.465. The van der Waals surface area contributed by atoms with Crippen LogP contribution in [0.5, 0.6) is 0 Å². The van der Waals surface area contributed by atoms with Crippen molar-refractivity contribution in [3.63, 3.8) is 0 Å². The molecule has 0 aliphatic heterocycles. The molecule has 1 N–H and O–H groups in total. The number of nitrogens with one attached hydrogen (secondary N) is 1. The van der Waals surface area contributed by atoms with Crippen molar-refractivity contribution in [3.05, 3.63) is 23.0 Å². The van der Waals surface area contributed by atoms with E-state index in [4.69, 9.17) is 4.98 Å². The number of hydrogen-bond donors (Lipinski definition) is 1. The monoisotopic (exact) mass is 262 g/mol. The second-order valence-corrected chi connectivity index (χ2v) is 5.82. The molecule has 0 fully saturated rings. The van der Waals surface area contributed by atoms with Crippen LogP contribution in [0, 0.1) is 0 Å². The van der Waals surface area contributed by atoms with Crippen molar-refractivity contribution >= 4 is 11.3 Å². The van der Waals surface area contributed by atoms with E-state index in [1.165, 1.54) is 29.8 Å². The van der Waals surface area contributed by atoms with Crippen LogP contribution in [0.3, 0.4) is 0 Å². The molecule has 2 aromatic heterocycles. The molecule has 0 saturated heterocycles. The van der Waals surface area contributed by atoms with Gasteiger partial charge in [-0.05, 0) is 25.8 Å². The summed E-state index contributed by atoms with van der Waals surface area (Å²) in [6.07, 6.45) is 7.57. The van der Waals surface area contributed by atoms with Crippen molar-refractivity contribution in [1.82, 2.24) is 20.1 Å². The fourth-order valence-electron chi connectivity index (χ4n) is 2.52. The molecule has 0 amide bonds. The summed E-state index contributed by atoms with van der Waals surface area (Å²) in [5.41, 5.74) is 2.40. The second-order valence-electron chi connectivity index (χ2n) is 4.73. The van der Waals surface area contributed by atoms with Gasteiger partial charge in [0, 0.05) is 23.7 Å². The zero-order valence-corrected chi connectivity index (χ0v) is 11.6. The van der Waals surface area contributed by atoms with Gasteiger partial charge in [-0.2, -0.15) is 5.10 Å². The van der Waals surface area contributed by atoms with Crippen molar-refractivity contribution in [2.45, 2.75) is 32.2 Å². The highest BCUT2D eigenvalue weighted by molar-refractivity contribution is 7.15. The molecule has 1 aliphatic carbocycles. The zero-order chi connectivity index (χ0) is 12.5. The van der Waals surface area contributed by atoms with Gasteiger partial charge in [0.2, 0.25) is 0 Å². The van der Waals surface area contributed by atoms with Crippen LogP contribution in [0.25, 0.3) is 10.6 Å². The number of aryl methyl sites for hydroxylation is 2. The molecular weight excluding hydrogens is 244 g/mol. The molecule has 1 atom stereocenters. The molecule has 2 heterocycles. The first-order chi connectivity index (χ1) is 8.78. The Kier molecular flexibility index (Phi) is 3.18. The predicted molar refractivity (Wildman–Crippen MR) is 73.7 cm³/mol. The lowest BCUT2D eigenvalue weighted by Crippen LogP contribution is -2.24. The minimum atomic E-state index is 0.445. The highest BCUT2D eigenvalue weighted by Crippen LogP contribution is 2.36. The summed E-state index contributed by atoms with van der Waals surface area (Å²) in [7, 11) is 1.94. The molecule has 0 radical (unpaired) electrons. The van der Waals surface area contributed by atoms with E-state index in [1.54, 1.807) is 0 Å². The topological polar surface area (TPSA) is 42.7 Å². The largest absolute Gasteiger partial charge is 0.309 e. The van der Waals surface area contributed by atoms with Gasteiger partial charge in [0.05, 0.1) is 17.9 Å². The third kappa shape index (κ3) is 2.08. The normalized spacial score (nSPS) is 18.9. The Balaban J connectivity index is 1.95. The summed E-state index contributed by atoms with van der Waals surface area (Å²) in [6, 6.07) is 0.445. The van der Waals surface area contributed by atoms with Crippen LogP contribution >= 0.6 is 11.3 Å². The Hall–Kier alpha value is -1.20. The van der Waals surface area contributed by atoms with Crippen LogP contribution in [0.2, 0.25) is 0 Å². The molecule has 18 heavy (non-hydrogen) atoms. The van der Waals surface area contributed by atoms with E-state index in [0.29, 0.717) is 6.04 Å². The predicted octanol–water partition coefficient (Wildman–Crippen LogP) is 2.53. The van der Waals surface area contributed by atoms with E-state index in [2.05, 4.69) is 17.3 Å². The number of thiazole rings is 1. The average molecular weight is 262 g/mol. The number of hydrogen-bond acceptors (Lipinski definition) is 4. The van der Waals surface area contributed by atoms with Gasteiger partial charge in [-0.15, -0.1) is 11.3 Å². The minimum absolute atomic E-state index is 0.445. The molecule has 0 spiro atoms. The molecule has 0 bridgehead atoms.